The Balaban J connectivity index is 1.71. The predicted molar refractivity (Wildman–Crippen MR) is 122 cm³/mol. The molecule has 0 saturated carbocycles. The summed E-state index contributed by atoms with van der Waals surface area (Å²) in [6.07, 6.45) is 3.49. The van der Waals surface area contributed by atoms with Gasteiger partial charge in [0.25, 0.3) is 0 Å². The Hall–Kier alpha value is -3.62. The van der Waals surface area contributed by atoms with E-state index in [1.165, 1.54) is 0 Å². The highest BCUT2D eigenvalue weighted by Gasteiger charge is 2.16. The molecule has 0 aliphatic carbocycles. The number of amides is 2. The van der Waals surface area contributed by atoms with Crippen molar-refractivity contribution < 1.29 is 14.3 Å². The van der Waals surface area contributed by atoms with Gasteiger partial charge in [0.15, 0.2) is 5.96 Å². The SMILES string of the molecule is CN=C(NCCc1ccc(NC(=O)OC(C)(C)C)cc1)NCC(=O)Nc1cccnc1. The van der Waals surface area contributed by atoms with E-state index in [0.29, 0.717) is 23.9 Å². The lowest BCUT2D eigenvalue weighted by Gasteiger charge is -2.19. The second-order valence-corrected chi connectivity index (χ2v) is 7.72. The number of nitrogens with zero attached hydrogens (tertiary/aromatic N) is 2. The average Bonchev–Trinajstić information content (AvgIpc) is 2.71. The molecule has 2 amide bonds. The fraction of sp³-hybridized carbons (Fsp3) is 0.364. The Labute approximate surface area is 182 Å². The summed E-state index contributed by atoms with van der Waals surface area (Å²) >= 11 is 0. The molecule has 9 heteroatoms. The molecule has 2 rings (SSSR count). The van der Waals surface area contributed by atoms with E-state index in [2.05, 4.69) is 31.2 Å². The van der Waals surface area contributed by atoms with Crippen molar-refractivity contribution in [3.8, 4) is 0 Å². The molecule has 9 nitrogen and oxygen atoms in total. The molecular formula is C22H30N6O3. The van der Waals surface area contributed by atoms with Crippen molar-refractivity contribution in [2.75, 3.05) is 30.8 Å². The number of anilines is 2. The largest absolute Gasteiger partial charge is 0.444 e. The van der Waals surface area contributed by atoms with Gasteiger partial charge < -0.3 is 20.7 Å². The van der Waals surface area contributed by atoms with Gasteiger partial charge in [-0.25, -0.2) is 4.79 Å². The van der Waals surface area contributed by atoms with E-state index in [4.69, 9.17) is 4.74 Å². The van der Waals surface area contributed by atoms with Crippen molar-refractivity contribution in [2.24, 2.45) is 4.99 Å². The molecule has 0 saturated heterocycles. The Morgan fingerprint density at radius 2 is 1.77 bits per heavy atom. The molecule has 31 heavy (non-hydrogen) atoms. The summed E-state index contributed by atoms with van der Waals surface area (Å²) in [7, 11) is 1.64. The van der Waals surface area contributed by atoms with Crippen molar-refractivity contribution in [1.82, 2.24) is 15.6 Å². The first kappa shape index (κ1) is 23.7. The number of pyridine rings is 1. The van der Waals surface area contributed by atoms with Gasteiger partial charge in [-0.05, 0) is 57.0 Å². The molecule has 0 fully saturated rings. The highest BCUT2D eigenvalue weighted by Crippen LogP contribution is 2.13. The maximum Gasteiger partial charge on any atom is 0.412 e. The lowest BCUT2D eigenvalue weighted by atomic mass is 10.1. The third-order valence-corrected chi connectivity index (χ3v) is 3.89. The van der Waals surface area contributed by atoms with Gasteiger partial charge in [0, 0.05) is 25.5 Å². The molecule has 0 bridgehead atoms. The van der Waals surface area contributed by atoms with Gasteiger partial charge in [0.05, 0.1) is 18.4 Å². The summed E-state index contributed by atoms with van der Waals surface area (Å²) in [4.78, 5) is 31.9. The highest BCUT2D eigenvalue weighted by atomic mass is 16.6. The zero-order chi connectivity index (χ0) is 22.7. The number of aromatic nitrogens is 1. The van der Waals surface area contributed by atoms with Crippen LogP contribution in [0, 0.1) is 0 Å². The second-order valence-electron chi connectivity index (χ2n) is 7.72. The first-order chi connectivity index (χ1) is 14.7. The Morgan fingerprint density at radius 1 is 1.03 bits per heavy atom. The van der Waals surface area contributed by atoms with Crippen molar-refractivity contribution in [3.63, 3.8) is 0 Å². The summed E-state index contributed by atoms with van der Waals surface area (Å²) < 4.78 is 5.24. The van der Waals surface area contributed by atoms with Crippen LogP contribution in [-0.4, -0.2) is 48.7 Å². The zero-order valence-electron chi connectivity index (χ0n) is 18.4. The standard InChI is InChI=1S/C22H30N6O3/c1-22(2,3)31-21(30)28-17-9-7-16(8-10-17)11-13-25-20(23-4)26-15-19(29)27-18-6-5-12-24-14-18/h5-10,12,14H,11,13,15H2,1-4H3,(H,27,29)(H,28,30)(H2,23,25,26). The van der Waals surface area contributed by atoms with E-state index in [1.807, 2.05) is 45.0 Å². The molecule has 0 aliphatic rings. The molecule has 0 spiro atoms. The monoisotopic (exact) mass is 426 g/mol. The number of carbonyl (C=O) groups excluding carboxylic acids is 2. The van der Waals surface area contributed by atoms with Gasteiger partial charge in [0.2, 0.25) is 5.91 Å². The Bertz CT molecular complexity index is 876. The minimum Gasteiger partial charge on any atom is -0.444 e. The third kappa shape index (κ3) is 9.62. The molecule has 166 valence electrons. The number of nitrogens with one attached hydrogen (secondary N) is 4. The molecule has 0 aliphatic heterocycles. The summed E-state index contributed by atoms with van der Waals surface area (Å²) in [5.74, 6) is 0.341. The summed E-state index contributed by atoms with van der Waals surface area (Å²) in [5.41, 5.74) is 1.86. The maximum absolute atomic E-state index is 12.0. The van der Waals surface area contributed by atoms with Gasteiger partial charge in [0.1, 0.15) is 5.60 Å². The highest BCUT2D eigenvalue weighted by molar-refractivity contribution is 5.94. The molecule has 4 N–H and O–H groups in total. The van der Waals surface area contributed by atoms with Gasteiger partial charge in [-0.1, -0.05) is 12.1 Å². The number of benzene rings is 1. The quantitative estimate of drug-likeness (QED) is 0.400. The summed E-state index contributed by atoms with van der Waals surface area (Å²) in [5, 5.41) is 11.6. The lowest BCUT2D eigenvalue weighted by Crippen LogP contribution is -2.42. The number of rotatable bonds is 7. The lowest BCUT2D eigenvalue weighted by molar-refractivity contribution is -0.115. The fourth-order valence-corrected chi connectivity index (χ4v) is 2.53. The van der Waals surface area contributed by atoms with Crippen LogP contribution in [0.5, 0.6) is 0 Å². The number of hydrogen-bond acceptors (Lipinski definition) is 5. The van der Waals surface area contributed by atoms with Crippen LogP contribution < -0.4 is 21.3 Å². The minimum absolute atomic E-state index is 0.0829. The average molecular weight is 427 g/mol. The fourth-order valence-electron chi connectivity index (χ4n) is 2.53. The van der Waals surface area contributed by atoms with Crippen molar-refractivity contribution in [2.45, 2.75) is 32.8 Å². The molecule has 0 atom stereocenters. The van der Waals surface area contributed by atoms with E-state index in [-0.39, 0.29) is 12.5 Å². The van der Waals surface area contributed by atoms with E-state index < -0.39 is 11.7 Å². The Kier molecular flexibility index (Phi) is 8.80. The molecule has 1 aromatic carbocycles. The minimum atomic E-state index is -0.540. The summed E-state index contributed by atoms with van der Waals surface area (Å²) in [6, 6.07) is 11.1. The van der Waals surface area contributed by atoms with Crippen LogP contribution in [0.15, 0.2) is 53.8 Å². The van der Waals surface area contributed by atoms with Crippen LogP contribution in [0.25, 0.3) is 0 Å². The number of hydrogen-bond donors (Lipinski definition) is 4. The van der Waals surface area contributed by atoms with Crippen LogP contribution in [-0.2, 0) is 16.0 Å². The Morgan fingerprint density at radius 3 is 2.39 bits per heavy atom. The van der Waals surface area contributed by atoms with E-state index in [0.717, 1.165) is 12.0 Å². The maximum atomic E-state index is 12.0. The molecule has 0 radical (unpaired) electrons. The van der Waals surface area contributed by atoms with Crippen molar-refractivity contribution >= 4 is 29.3 Å². The van der Waals surface area contributed by atoms with Gasteiger partial charge in [-0.3, -0.25) is 20.1 Å². The number of ether oxygens (including phenoxy) is 1. The van der Waals surface area contributed by atoms with Crippen molar-refractivity contribution in [1.29, 1.82) is 0 Å². The molecule has 1 heterocycles. The van der Waals surface area contributed by atoms with Crippen LogP contribution in [0.2, 0.25) is 0 Å². The second kappa shape index (κ2) is 11.5. The first-order valence-electron chi connectivity index (χ1n) is 9.98. The first-order valence-corrected chi connectivity index (χ1v) is 9.98. The molecular weight excluding hydrogens is 396 g/mol. The third-order valence-electron chi connectivity index (χ3n) is 3.89. The van der Waals surface area contributed by atoms with Gasteiger partial charge >= 0.3 is 6.09 Å². The summed E-state index contributed by atoms with van der Waals surface area (Å²) in [6.45, 7) is 6.16. The molecule has 2 aromatic rings. The van der Waals surface area contributed by atoms with Gasteiger partial charge in [-0.15, -0.1) is 0 Å². The van der Waals surface area contributed by atoms with Crippen LogP contribution in [0.1, 0.15) is 26.3 Å². The predicted octanol–water partition coefficient (Wildman–Crippen LogP) is 2.77. The zero-order valence-corrected chi connectivity index (χ0v) is 18.4. The number of carbonyl (C=O) groups is 2. The van der Waals surface area contributed by atoms with E-state index in [9.17, 15) is 9.59 Å². The van der Waals surface area contributed by atoms with Gasteiger partial charge in [-0.2, -0.15) is 0 Å². The van der Waals surface area contributed by atoms with E-state index >= 15 is 0 Å². The number of aliphatic imine (C=N–C) groups is 1. The smallest absolute Gasteiger partial charge is 0.412 e. The van der Waals surface area contributed by atoms with Crippen molar-refractivity contribution in [3.05, 3.63) is 54.4 Å². The molecule has 0 unspecified atom stereocenters. The van der Waals surface area contributed by atoms with Crippen LogP contribution >= 0.6 is 0 Å². The van der Waals surface area contributed by atoms with Crippen LogP contribution in [0.3, 0.4) is 0 Å². The normalized spacial score (nSPS) is 11.4. The van der Waals surface area contributed by atoms with Crippen LogP contribution in [0.4, 0.5) is 16.2 Å². The van der Waals surface area contributed by atoms with E-state index in [1.54, 1.807) is 31.6 Å². The molecule has 1 aromatic heterocycles. The topological polar surface area (TPSA) is 117 Å². The number of guanidine groups is 1.